The van der Waals surface area contributed by atoms with E-state index in [1.807, 2.05) is 0 Å². The maximum Gasteiger partial charge on any atom is 0.430 e. The van der Waals surface area contributed by atoms with Crippen LogP contribution in [0.3, 0.4) is 0 Å². The summed E-state index contributed by atoms with van der Waals surface area (Å²) in [5, 5.41) is 3.35. The lowest BCUT2D eigenvalue weighted by atomic mass is 9.99. The number of alkyl halides is 3. The molecule has 0 saturated heterocycles. The molecule has 0 spiro atoms. The number of rotatable bonds is 4. The molecule has 0 amide bonds. The average Bonchev–Trinajstić information content (AvgIpc) is 2.44. The molecule has 1 aliphatic heterocycles. The lowest BCUT2D eigenvalue weighted by Crippen LogP contribution is -2.41. The molecule has 0 aromatic heterocycles. The fraction of sp³-hybridized carbons (Fsp3) is 0.333. The molecule has 1 aliphatic rings. The highest BCUT2D eigenvalue weighted by Crippen LogP contribution is 2.40. The fourth-order valence-electron chi connectivity index (χ4n) is 2.20. The molecule has 0 N–H and O–H groups in total. The van der Waals surface area contributed by atoms with Gasteiger partial charge in [0.05, 0.1) is 5.57 Å². The fourth-order valence-corrected chi connectivity index (χ4v) is 2.48. The summed E-state index contributed by atoms with van der Waals surface area (Å²) < 4.78 is 49.6. The quantitative estimate of drug-likeness (QED) is 0.352. The van der Waals surface area contributed by atoms with Crippen molar-refractivity contribution in [1.29, 1.82) is 0 Å². The van der Waals surface area contributed by atoms with Crippen LogP contribution < -0.4 is 4.74 Å². The van der Waals surface area contributed by atoms with E-state index in [1.165, 1.54) is 19.1 Å². The number of benzene rings is 1. The Hall–Kier alpha value is -2.22. The summed E-state index contributed by atoms with van der Waals surface area (Å²) in [7, 11) is 0. The number of fused-ring (bicyclic) bond motifs is 1. The SMILES string of the molecule is C=NOC(C)OC(=O)C1=Cc2cc(Cl)cc(C)c2O[C@@H]1C(F)(F)F. The van der Waals surface area contributed by atoms with Crippen LogP contribution in [0.15, 0.2) is 22.9 Å². The molecule has 1 aromatic rings. The largest absolute Gasteiger partial charge is 0.475 e. The molecule has 0 saturated carbocycles. The zero-order valence-corrected chi connectivity index (χ0v) is 13.4. The second kappa shape index (κ2) is 6.72. The number of carbonyl (C=O) groups excluding carboxylic acids is 1. The molecule has 1 aromatic carbocycles. The Balaban J connectivity index is 2.45. The van der Waals surface area contributed by atoms with E-state index in [0.717, 1.165) is 6.08 Å². The van der Waals surface area contributed by atoms with E-state index in [2.05, 4.69) is 16.7 Å². The number of esters is 1. The normalized spacial score (nSPS) is 17.9. The van der Waals surface area contributed by atoms with E-state index in [9.17, 15) is 18.0 Å². The second-order valence-corrected chi connectivity index (χ2v) is 5.42. The first-order chi connectivity index (χ1) is 11.1. The number of hydrogen-bond donors (Lipinski definition) is 0. The van der Waals surface area contributed by atoms with Gasteiger partial charge in [-0.2, -0.15) is 13.2 Å². The molecular weight excluding hydrogens is 351 g/mol. The van der Waals surface area contributed by atoms with Crippen molar-refractivity contribution in [3.8, 4) is 5.75 Å². The third-order valence-electron chi connectivity index (χ3n) is 3.13. The van der Waals surface area contributed by atoms with Gasteiger partial charge in [-0.3, -0.25) is 0 Å². The van der Waals surface area contributed by atoms with Crippen molar-refractivity contribution in [1.82, 2.24) is 0 Å². The standard InChI is InChI=1S/C15H13ClF3NO4/c1-7-4-10(16)5-9-6-11(14(21)22-8(2)24-20-3)13(15(17,18)19)23-12(7)9/h4-6,8,13H,3H2,1-2H3/t8?,13-/m0/s1. The number of carbonyl (C=O) groups is 1. The minimum atomic E-state index is -4.81. The third kappa shape index (κ3) is 3.81. The van der Waals surface area contributed by atoms with Gasteiger partial charge in [-0.1, -0.05) is 16.8 Å². The zero-order chi connectivity index (χ0) is 18.1. The van der Waals surface area contributed by atoms with Crippen molar-refractivity contribution in [2.24, 2.45) is 5.16 Å². The molecule has 0 aliphatic carbocycles. The smallest absolute Gasteiger partial charge is 0.430 e. The minimum absolute atomic E-state index is 0.00957. The van der Waals surface area contributed by atoms with Crippen LogP contribution in [-0.2, 0) is 14.4 Å². The van der Waals surface area contributed by atoms with Gasteiger partial charge in [0, 0.05) is 24.2 Å². The van der Waals surface area contributed by atoms with Gasteiger partial charge in [-0.25, -0.2) is 4.79 Å². The monoisotopic (exact) mass is 363 g/mol. The predicted molar refractivity (Wildman–Crippen MR) is 80.8 cm³/mol. The maximum absolute atomic E-state index is 13.3. The van der Waals surface area contributed by atoms with Crippen molar-refractivity contribution < 1.29 is 32.3 Å². The molecule has 2 rings (SSSR count). The lowest BCUT2D eigenvalue weighted by Gasteiger charge is -2.29. The van der Waals surface area contributed by atoms with Crippen molar-refractivity contribution in [2.75, 3.05) is 0 Å². The molecule has 1 unspecified atom stereocenters. The number of nitrogens with zero attached hydrogens (tertiary/aromatic N) is 1. The number of oxime groups is 1. The molecule has 9 heteroatoms. The summed E-state index contributed by atoms with van der Waals surface area (Å²) >= 11 is 5.90. The first-order valence-corrected chi connectivity index (χ1v) is 7.09. The predicted octanol–water partition coefficient (Wildman–Crippen LogP) is 3.88. The number of hydrogen-bond acceptors (Lipinski definition) is 5. The van der Waals surface area contributed by atoms with E-state index in [-0.39, 0.29) is 11.3 Å². The van der Waals surface area contributed by atoms with Crippen LogP contribution in [-0.4, -0.2) is 31.3 Å². The summed E-state index contributed by atoms with van der Waals surface area (Å²) in [5.74, 6) is -1.23. The highest BCUT2D eigenvalue weighted by molar-refractivity contribution is 6.30. The zero-order valence-electron chi connectivity index (χ0n) is 12.7. The Bertz CT molecular complexity index is 703. The highest BCUT2D eigenvalue weighted by Gasteiger charge is 2.49. The third-order valence-corrected chi connectivity index (χ3v) is 3.34. The minimum Gasteiger partial charge on any atom is -0.475 e. The van der Waals surface area contributed by atoms with Crippen LogP contribution in [0.5, 0.6) is 5.75 Å². The number of halogens is 4. The molecule has 0 bridgehead atoms. The van der Waals surface area contributed by atoms with Gasteiger partial charge < -0.3 is 14.3 Å². The van der Waals surface area contributed by atoms with Gasteiger partial charge in [0.15, 0.2) is 0 Å². The van der Waals surface area contributed by atoms with Crippen LogP contribution >= 0.6 is 11.6 Å². The Morgan fingerprint density at radius 2 is 2.12 bits per heavy atom. The van der Waals surface area contributed by atoms with Crippen molar-refractivity contribution in [3.05, 3.63) is 33.9 Å². The van der Waals surface area contributed by atoms with E-state index >= 15 is 0 Å². The molecular formula is C15H13ClF3NO4. The highest BCUT2D eigenvalue weighted by atomic mass is 35.5. The molecule has 24 heavy (non-hydrogen) atoms. The van der Waals surface area contributed by atoms with Gasteiger partial charge >= 0.3 is 12.1 Å². The molecule has 0 fully saturated rings. The van der Waals surface area contributed by atoms with E-state index in [1.54, 1.807) is 6.92 Å². The van der Waals surface area contributed by atoms with Crippen LogP contribution in [0.1, 0.15) is 18.1 Å². The molecule has 5 nitrogen and oxygen atoms in total. The summed E-state index contributed by atoms with van der Waals surface area (Å²) in [5.41, 5.74) is -0.0398. The van der Waals surface area contributed by atoms with Crippen LogP contribution in [0.4, 0.5) is 13.2 Å². The average molecular weight is 364 g/mol. The van der Waals surface area contributed by atoms with E-state index in [0.29, 0.717) is 10.6 Å². The van der Waals surface area contributed by atoms with Gasteiger partial charge in [0.25, 0.3) is 6.29 Å². The summed E-state index contributed by atoms with van der Waals surface area (Å²) in [6, 6.07) is 2.87. The summed E-state index contributed by atoms with van der Waals surface area (Å²) in [6.07, 6.45) is -7.42. The molecule has 2 atom stereocenters. The second-order valence-electron chi connectivity index (χ2n) is 4.99. The first-order valence-electron chi connectivity index (χ1n) is 6.71. The molecule has 130 valence electrons. The summed E-state index contributed by atoms with van der Waals surface area (Å²) in [4.78, 5) is 16.6. The first kappa shape index (κ1) is 18.1. The maximum atomic E-state index is 13.3. The molecule has 1 heterocycles. The van der Waals surface area contributed by atoms with Gasteiger partial charge in [-0.05, 0) is 30.7 Å². The Morgan fingerprint density at radius 3 is 2.71 bits per heavy atom. The molecule has 0 radical (unpaired) electrons. The topological polar surface area (TPSA) is 57.1 Å². The number of aryl methyl sites for hydroxylation is 1. The number of ether oxygens (including phenoxy) is 2. The Labute approximate surface area is 140 Å². The summed E-state index contributed by atoms with van der Waals surface area (Å²) in [6.45, 7) is 5.87. The Kier molecular flexibility index (Phi) is 5.08. The van der Waals surface area contributed by atoms with Crippen LogP contribution in [0.25, 0.3) is 6.08 Å². The van der Waals surface area contributed by atoms with Crippen molar-refractivity contribution in [2.45, 2.75) is 32.4 Å². The van der Waals surface area contributed by atoms with Gasteiger partial charge in [0.1, 0.15) is 5.75 Å². The van der Waals surface area contributed by atoms with Gasteiger partial charge in [0.2, 0.25) is 6.10 Å². The van der Waals surface area contributed by atoms with Crippen LogP contribution in [0, 0.1) is 6.92 Å². The lowest BCUT2D eigenvalue weighted by molar-refractivity contribution is -0.194. The van der Waals surface area contributed by atoms with E-state index in [4.69, 9.17) is 21.1 Å². The van der Waals surface area contributed by atoms with Crippen LogP contribution in [0.2, 0.25) is 5.02 Å². The van der Waals surface area contributed by atoms with E-state index < -0.39 is 30.1 Å². The van der Waals surface area contributed by atoms with Gasteiger partial charge in [-0.15, -0.1) is 0 Å². The van der Waals surface area contributed by atoms with Crippen molar-refractivity contribution in [3.63, 3.8) is 0 Å². The van der Waals surface area contributed by atoms with Crippen molar-refractivity contribution >= 4 is 30.4 Å². The Morgan fingerprint density at radius 1 is 1.46 bits per heavy atom.